The molecule has 4 aromatic rings. The minimum Gasteiger partial charge on any atom is -1.00 e. The molecule has 1 aliphatic heterocycles. The molecule has 0 aliphatic carbocycles. The molecule has 35 heavy (non-hydrogen) atoms. The third-order valence-corrected chi connectivity index (χ3v) is 7.57. The van der Waals surface area contributed by atoms with E-state index in [1.807, 2.05) is 28.9 Å². The number of likely N-dealkylation sites (tertiary alicyclic amines) is 1. The summed E-state index contributed by atoms with van der Waals surface area (Å²) in [4.78, 5) is 15.1. The van der Waals surface area contributed by atoms with Crippen LogP contribution >= 0.6 is 15.9 Å². The molecule has 1 fully saturated rings. The van der Waals surface area contributed by atoms with Crippen LogP contribution in [0.4, 0.5) is 0 Å². The number of aromatic nitrogens is 2. The molecule has 0 amide bonds. The highest BCUT2D eigenvalue weighted by Gasteiger charge is 2.24. The van der Waals surface area contributed by atoms with E-state index in [0.29, 0.717) is 0 Å². The fourth-order valence-corrected chi connectivity index (χ4v) is 5.40. The first-order chi connectivity index (χ1) is 16.7. The van der Waals surface area contributed by atoms with E-state index in [4.69, 9.17) is 5.10 Å². The van der Waals surface area contributed by atoms with E-state index in [-0.39, 0.29) is 24.0 Å². The third-order valence-electron chi connectivity index (χ3n) is 7.04. The van der Waals surface area contributed by atoms with Gasteiger partial charge in [0, 0.05) is 29.1 Å². The maximum Gasteiger partial charge on any atom is 0.274 e. The summed E-state index contributed by atoms with van der Waals surface area (Å²) in [6.07, 6.45) is 4.95. The molecule has 2 unspecified atom stereocenters. The van der Waals surface area contributed by atoms with Gasteiger partial charge in [-0.3, -0.25) is 4.79 Å². The minimum atomic E-state index is 0. The number of benzene rings is 3. The fourth-order valence-electron chi connectivity index (χ4n) is 5.14. The molecule has 0 saturated carbocycles. The Kier molecular flexibility index (Phi) is 8.77. The molecule has 2 atom stereocenters. The number of hydrogen-bond acceptors (Lipinski definition) is 2. The minimum absolute atomic E-state index is 0. The van der Waals surface area contributed by atoms with E-state index in [1.165, 1.54) is 11.1 Å². The molecule has 1 N–H and O–H groups in total. The number of nitrogens with zero attached hydrogens (tertiary/aromatic N) is 2. The van der Waals surface area contributed by atoms with Gasteiger partial charge in [0.1, 0.15) is 0 Å². The van der Waals surface area contributed by atoms with Gasteiger partial charge < -0.3 is 17.3 Å². The summed E-state index contributed by atoms with van der Waals surface area (Å²) in [5.74, 6) is 0. The highest BCUT2D eigenvalue weighted by molar-refractivity contribution is 9.10. The van der Waals surface area contributed by atoms with Crippen molar-refractivity contribution in [2.24, 2.45) is 0 Å². The summed E-state index contributed by atoms with van der Waals surface area (Å²) in [5.41, 5.74) is 3.63. The SMILES string of the molecule is O=c1c2ccccc2c(Cc2ccc(Br)cc2)nn1C1CCC[NH+](CCc2ccccc2)CC1.[Cl-]. The van der Waals surface area contributed by atoms with Gasteiger partial charge in [0.15, 0.2) is 0 Å². The van der Waals surface area contributed by atoms with Crippen LogP contribution in [0.3, 0.4) is 0 Å². The van der Waals surface area contributed by atoms with E-state index in [9.17, 15) is 4.79 Å². The molecule has 5 rings (SSSR count). The van der Waals surface area contributed by atoms with Crippen LogP contribution in [-0.4, -0.2) is 29.4 Å². The lowest BCUT2D eigenvalue weighted by atomic mass is 10.0. The quantitative estimate of drug-likeness (QED) is 0.395. The number of rotatable bonds is 6. The van der Waals surface area contributed by atoms with Gasteiger partial charge in [0.25, 0.3) is 5.56 Å². The zero-order valence-corrected chi connectivity index (χ0v) is 22.1. The second-order valence-electron chi connectivity index (χ2n) is 9.37. The summed E-state index contributed by atoms with van der Waals surface area (Å²) in [7, 11) is 0. The molecule has 2 heterocycles. The van der Waals surface area contributed by atoms with E-state index in [1.54, 1.807) is 4.90 Å². The van der Waals surface area contributed by atoms with E-state index in [2.05, 4.69) is 70.5 Å². The predicted octanol–water partition coefficient (Wildman–Crippen LogP) is 1.61. The highest BCUT2D eigenvalue weighted by atomic mass is 79.9. The Morgan fingerprint density at radius 2 is 1.57 bits per heavy atom. The number of quaternary nitrogens is 1. The zero-order valence-electron chi connectivity index (χ0n) is 19.8. The van der Waals surface area contributed by atoms with Crippen molar-refractivity contribution in [3.8, 4) is 0 Å². The average molecular weight is 553 g/mol. The molecular weight excluding hydrogens is 522 g/mol. The van der Waals surface area contributed by atoms with Crippen molar-refractivity contribution in [2.75, 3.05) is 19.6 Å². The van der Waals surface area contributed by atoms with Crippen LogP contribution < -0.4 is 22.9 Å². The van der Waals surface area contributed by atoms with Crippen LogP contribution in [0.25, 0.3) is 10.8 Å². The molecule has 0 radical (unpaired) electrons. The fraction of sp³-hybridized carbons (Fsp3) is 0.310. The summed E-state index contributed by atoms with van der Waals surface area (Å²) in [6.45, 7) is 3.39. The van der Waals surface area contributed by atoms with Crippen molar-refractivity contribution >= 4 is 26.7 Å². The van der Waals surface area contributed by atoms with E-state index < -0.39 is 0 Å². The third kappa shape index (κ3) is 6.21. The Morgan fingerprint density at radius 3 is 2.34 bits per heavy atom. The first-order valence-corrected chi connectivity index (χ1v) is 13.1. The second-order valence-corrected chi connectivity index (χ2v) is 10.3. The molecule has 1 aromatic heterocycles. The van der Waals surface area contributed by atoms with Crippen LogP contribution in [0.1, 0.15) is 42.1 Å². The molecule has 1 saturated heterocycles. The summed E-state index contributed by atoms with van der Waals surface area (Å²) in [6, 6.07) is 27.2. The Balaban J connectivity index is 0.00000289. The Hall–Kier alpha value is -2.47. The zero-order chi connectivity index (χ0) is 23.3. The van der Waals surface area contributed by atoms with Gasteiger partial charge in [-0.2, -0.15) is 5.10 Å². The van der Waals surface area contributed by atoms with Gasteiger partial charge in [-0.1, -0.05) is 76.6 Å². The van der Waals surface area contributed by atoms with Crippen molar-refractivity contribution in [1.29, 1.82) is 0 Å². The van der Waals surface area contributed by atoms with Crippen molar-refractivity contribution in [2.45, 2.75) is 38.1 Å². The van der Waals surface area contributed by atoms with E-state index >= 15 is 0 Å². The van der Waals surface area contributed by atoms with Gasteiger partial charge in [0.05, 0.1) is 36.8 Å². The first-order valence-electron chi connectivity index (χ1n) is 12.3. The second kappa shape index (κ2) is 12.0. The first kappa shape index (κ1) is 25.6. The van der Waals surface area contributed by atoms with Crippen LogP contribution in [0.5, 0.6) is 0 Å². The maximum atomic E-state index is 13.5. The van der Waals surface area contributed by atoms with Crippen LogP contribution in [0.2, 0.25) is 0 Å². The van der Waals surface area contributed by atoms with Gasteiger partial charge in [-0.05, 0) is 42.2 Å². The molecule has 0 spiro atoms. The lowest BCUT2D eigenvalue weighted by molar-refractivity contribution is -0.899. The molecule has 4 nitrogen and oxygen atoms in total. The van der Waals surface area contributed by atoms with Gasteiger partial charge >= 0.3 is 0 Å². The molecule has 3 aromatic carbocycles. The summed E-state index contributed by atoms with van der Waals surface area (Å²) >= 11 is 3.52. The molecule has 6 heteroatoms. The number of halogens is 2. The van der Waals surface area contributed by atoms with Crippen molar-refractivity contribution in [3.63, 3.8) is 0 Å². The van der Waals surface area contributed by atoms with Gasteiger partial charge in [0.2, 0.25) is 0 Å². The topological polar surface area (TPSA) is 39.3 Å². The standard InChI is InChI=1S/C29H30BrN3O.ClH/c30-24-14-12-23(13-15-24)21-28-26-10-4-5-11-27(26)29(34)33(31-28)25-9-6-18-32(20-17-25)19-16-22-7-2-1-3-8-22;/h1-5,7-8,10-15,25H,6,9,16-21H2;1H. The van der Waals surface area contributed by atoms with Crippen LogP contribution in [0, 0.1) is 0 Å². The Morgan fingerprint density at radius 1 is 0.857 bits per heavy atom. The van der Waals surface area contributed by atoms with Crippen molar-refractivity contribution in [1.82, 2.24) is 9.78 Å². The predicted molar refractivity (Wildman–Crippen MR) is 142 cm³/mol. The number of fused-ring (bicyclic) bond motifs is 1. The lowest BCUT2D eigenvalue weighted by Gasteiger charge is -2.19. The normalized spacial score (nSPS) is 18.1. The smallest absolute Gasteiger partial charge is 0.274 e. The highest BCUT2D eigenvalue weighted by Crippen LogP contribution is 2.22. The van der Waals surface area contributed by atoms with Crippen molar-refractivity contribution < 1.29 is 17.3 Å². The molecule has 1 aliphatic rings. The summed E-state index contributed by atoms with van der Waals surface area (Å²) < 4.78 is 2.88. The van der Waals surface area contributed by atoms with Gasteiger partial charge in [-0.25, -0.2) is 4.68 Å². The van der Waals surface area contributed by atoms with Gasteiger partial charge in [-0.15, -0.1) is 0 Å². The maximum absolute atomic E-state index is 13.5. The molecule has 182 valence electrons. The molecular formula is C29H31BrClN3O. The Labute approximate surface area is 221 Å². The van der Waals surface area contributed by atoms with E-state index in [0.717, 1.165) is 72.7 Å². The van der Waals surface area contributed by atoms with Crippen LogP contribution in [-0.2, 0) is 12.8 Å². The number of nitrogens with one attached hydrogen (secondary N) is 1. The summed E-state index contributed by atoms with van der Waals surface area (Å²) in [5, 5.41) is 6.73. The monoisotopic (exact) mass is 551 g/mol. The molecule has 0 bridgehead atoms. The van der Waals surface area contributed by atoms with Crippen LogP contribution in [0.15, 0.2) is 88.1 Å². The largest absolute Gasteiger partial charge is 1.00 e. The Bertz CT molecular complexity index is 1310. The average Bonchev–Trinajstić information content (AvgIpc) is 3.12. The number of hydrogen-bond donors (Lipinski definition) is 1. The lowest BCUT2D eigenvalue weighted by Crippen LogP contribution is -3.12. The van der Waals surface area contributed by atoms with Crippen molar-refractivity contribution in [3.05, 3.63) is 111 Å².